The topological polar surface area (TPSA) is 51.1 Å². The van der Waals surface area contributed by atoms with E-state index in [9.17, 15) is 9.59 Å². The molecule has 1 aromatic rings. The van der Waals surface area contributed by atoms with Crippen LogP contribution in [0.3, 0.4) is 0 Å². The Morgan fingerprint density at radius 2 is 2.25 bits per heavy atom. The van der Waals surface area contributed by atoms with Crippen molar-refractivity contribution >= 4 is 17.5 Å². The van der Waals surface area contributed by atoms with Crippen LogP contribution in [-0.4, -0.2) is 17.0 Å². The number of aromatic nitrogens is 1. The third-order valence-corrected chi connectivity index (χ3v) is 2.09. The standard InChI is InChI=1S/C11H13ClN2O2/c1-9(12)8-13-10(15)5-7-14-6-3-2-4-11(14)16/h2-4,6H,1,5,7-8H2,(H,13,15). The molecule has 0 aliphatic rings. The molecule has 0 fully saturated rings. The zero-order valence-electron chi connectivity index (χ0n) is 8.78. The monoisotopic (exact) mass is 240 g/mol. The van der Waals surface area contributed by atoms with Crippen molar-refractivity contribution in [3.8, 4) is 0 Å². The highest BCUT2D eigenvalue weighted by atomic mass is 35.5. The lowest BCUT2D eigenvalue weighted by molar-refractivity contribution is -0.121. The summed E-state index contributed by atoms with van der Waals surface area (Å²) >= 11 is 5.50. The van der Waals surface area contributed by atoms with Gasteiger partial charge in [0.05, 0.1) is 6.54 Å². The van der Waals surface area contributed by atoms with Gasteiger partial charge < -0.3 is 9.88 Å². The van der Waals surface area contributed by atoms with E-state index in [1.165, 1.54) is 10.6 Å². The Kier molecular flexibility index (Phi) is 4.79. The quantitative estimate of drug-likeness (QED) is 0.838. The Morgan fingerprint density at radius 3 is 2.88 bits per heavy atom. The van der Waals surface area contributed by atoms with E-state index in [4.69, 9.17) is 11.6 Å². The molecule has 1 heterocycles. The summed E-state index contributed by atoms with van der Waals surface area (Å²) in [6.45, 7) is 4.07. The van der Waals surface area contributed by atoms with Crippen molar-refractivity contribution in [2.75, 3.05) is 6.54 Å². The first-order valence-electron chi connectivity index (χ1n) is 4.85. The summed E-state index contributed by atoms with van der Waals surface area (Å²) in [6, 6.07) is 4.87. The van der Waals surface area contributed by atoms with Gasteiger partial charge in [-0.3, -0.25) is 9.59 Å². The largest absolute Gasteiger partial charge is 0.351 e. The molecule has 0 aliphatic carbocycles. The summed E-state index contributed by atoms with van der Waals surface area (Å²) in [6.07, 6.45) is 1.89. The molecular formula is C11H13ClN2O2. The number of halogens is 1. The molecule has 0 aromatic carbocycles. The van der Waals surface area contributed by atoms with E-state index in [1.807, 2.05) is 0 Å². The lowest BCUT2D eigenvalue weighted by Crippen LogP contribution is -2.27. The van der Waals surface area contributed by atoms with Crippen LogP contribution in [0, 0.1) is 0 Å². The van der Waals surface area contributed by atoms with Gasteiger partial charge in [-0.25, -0.2) is 0 Å². The van der Waals surface area contributed by atoms with Gasteiger partial charge in [-0.15, -0.1) is 0 Å². The maximum Gasteiger partial charge on any atom is 0.250 e. The van der Waals surface area contributed by atoms with Crippen LogP contribution in [-0.2, 0) is 11.3 Å². The molecule has 1 rings (SSSR count). The van der Waals surface area contributed by atoms with Crippen molar-refractivity contribution in [1.29, 1.82) is 0 Å². The molecule has 0 atom stereocenters. The number of pyridine rings is 1. The number of rotatable bonds is 5. The fraction of sp³-hybridized carbons (Fsp3) is 0.273. The van der Waals surface area contributed by atoms with Crippen LogP contribution < -0.4 is 10.9 Å². The lowest BCUT2D eigenvalue weighted by atomic mass is 10.3. The Morgan fingerprint density at radius 1 is 1.50 bits per heavy atom. The summed E-state index contributed by atoms with van der Waals surface area (Å²) in [4.78, 5) is 22.6. The molecule has 16 heavy (non-hydrogen) atoms. The average molecular weight is 241 g/mol. The van der Waals surface area contributed by atoms with Crippen molar-refractivity contribution < 1.29 is 4.79 Å². The van der Waals surface area contributed by atoms with E-state index < -0.39 is 0 Å². The number of aryl methyl sites for hydroxylation is 1. The van der Waals surface area contributed by atoms with Crippen LogP contribution in [0.4, 0.5) is 0 Å². The lowest BCUT2D eigenvalue weighted by Gasteiger charge is -2.05. The Labute approximate surface area is 98.5 Å². The minimum absolute atomic E-state index is 0.114. The van der Waals surface area contributed by atoms with Crippen molar-refractivity contribution in [2.45, 2.75) is 13.0 Å². The van der Waals surface area contributed by atoms with Crippen LogP contribution >= 0.6 is 11.6 Å². The maximum atomic E-state index is 11.3. The normalized spacial score (nSPS) is 9.81. The minimum Gasteiger partial charge on any atom is -0.351 e. The predicted molar refractivity (Wildman–Crippen MR) is 63.3 cm³/mol. The molecule has 1 aromatic heterocycles. The molecular weight excluding hydrogens is 228 g/mol. The third-order valence-electron chi connectivity index (χ3n) is 1.96. The van der Waals surface area contributed by atoms with Gasteiger partial charge in [0.2, 0.25) is 5.91 Å². The zero-order chi connectivity index (χ0) is 12.0. The Balaban J connectivity index is 2.40. The molecule has 0 unspecified atom stereocenters. The van der Waals surface area contributed by atoms with Gasteiger partial charge in [0.25, 0.3) is 5.56 Å². The van der Waals surface area contributed by atoms with Crippen LogP contribution in [0.5, 0.6) is 0 Å². The first kappa shape index (κ1) is 12.5. The number of hydrogen-bond donors (Lipinski definition) is 1. The van der Waals surface area contributed by atoms with Crippen molar-refractivity contribution in [3.63, 3.8) is 0 Å². The molecule has 0 saturated heterocycles. The molecule has 5 heteroatoms. The second-order valence-corrected chi connectivity index (χ2v) is 3.81. The van der Waals surface area contributed by atoms with Crippen molar-refractivity contribution in [1.82, 2.24) is 9.88 Å². The number of nitrogens with one attached hydrogen (secondary N) is 1. The van der Waals surface area contributed by atoms with Crippen LogP contribution in [0.15, 0.2) is 40.8 Å². The van der Waals surface area contributed by atoms with E-state index in [2.05, 4.69) is 11.9 Å². The van der Waals surface area contributed by atoms with E-state index in [0.717, 1.165) is 0 Å². The second kappa shape index (κ2) is 6.12. The third kappa shape index (κ3) is 4.31. The van der Waals surface area contributed by atoms with E-state index >= 15 is 0 Å². The number of hydrogen-bond acceptors (Lipinski definition) is 2. The fourth-order valence-corrected chi connectivity index (χ4v) is 1.22. The van der Waals surface area contributed by atoms with Gasteiger partial charge in [0, 0.05) is 30.3 Å². The Hall–Kier alpha value is -1.55. The van der Waals surface area contributed by atoms with Gasteiger partial charge >= 0.3 is 0 Å². The molecule has 0 aliphatic heterocycles. The molecule has 0 radical (unpaired) electrons. The molecule has 0 spiro atoms. The first-order valence-corrected chi connectivity index (χ1v) is 5.23. The van der Waals surface area contributed by atoms with E-state index in [0.29, 0.717) is 11.6 Å². The smallest absolute Gasteiger partial charge is 0.250 e. The van der Waals surface area contributed by atoms with Gasteiger partial charge in [-0.2, -0.15) is 0 Å². The van der Waals surface area contributed by atoms with Gasteiger partial charge in [-0.1, -0.05) is 24.2 Å². The van der Waals surface area contributed by atoms with Gasteiger partial charge in [-0.05, 0) is 6.07 Å². The molecule has 1 amide bonds. The van der Waals surface area contributed by atoms with Gasteiger partial charge in [0.15, 0.2) is 0 Å². The number of nitrogens with zero attached hydrogens (tertiary/aromatic N) is 1. The van der Waals surface area contributed by atoms with Crippen LogP contribution in [0.2, 0.25) is 0 Å². The number of carbonyl (C=O) groups is 1. The number of carbonyl (C=O) groups excluding carboxylic acids is 1. The average Bonchev–Trinajstić information content (AvgIpc) is 2.25. The first-order chi connectivity index (χ1) is 7.59. The van der Waals surface area contributed by atoms with Gasteiger partial charge in [0.1, 0.15) is 0 Å². The predicted octanol–water partition coefficient (Wildman–Crippen LogP) is 1.11. The molecule has 0 bridgehead atoms. The summed E-state index contributed by atoms with van der Waals surface area (Å²) in [7, 11) is 0. The Bertz CT molecular complexity index is 440. The van der Waals surface area contributed by atoms with Crippen LogP contribution in [0.1, 0.15) is 6.42 Å². The maximum absolute atomic E-state index is 11.3. The summed E-state index contributed by atoms with van der Waals surface area (Å²) in [5.41, 5.74) is -0.114. The number of amides is 1. The highest BCUT2D eigenvalue weighted by Gasteiger charge is 2.02. The highest BCUT2D eigenvalue weighted by Crippen LogP contribution is 1.93. The molecule has 4 nitrogen and oxygen atoms in total. The fourth-order valence-electron chi connectivity index (χ4n) is 1.15. The van der Waals surface area contributed by atoms with E-state index in [-0.39, 0.29) is 24.4 Å². The minimum atomic E-state index is -0.155. The van der Waals surface area contributed by atoms with Crippen molar-refractivity contribution in [3.05, 3.63) is 46.4 Å². The molecule has 86 valence electrons. The summed E-state index contributed by atoms with van der Waals surface area (Å²) in [5, 5.41) is 2.97. The SMILES string of the molecule is C=C(Cl)CNC(=O)CCn1ccccc1=O. The van der Waals surface area contributed by atoms with E-state index in [1.54, 1.807) is 18.3 Å². The molecule has 0 saturated carbocycles. The second-order valence-electron chi connectivity index (χ2n) is 3.28. The molecule has 1 N–H and O–H groups in total. The zero-order valence-corrected chi connectivity index (χ0v) is 9.54. The van der Waals surface area contributed by atoms with Crippen molar-refractivity contribution in [2.24, 2.45) is 0 Å². The summed E-state index contributed by atoms with van der Waals surface area (Å²) < 4.78 is 1.48. The highest BCUT2D eigenvalue weighted by molar-refractivity contribution is 6.29. The van der Waals surface area contributed by atoms with Crippen LogP contribution in [0.25, 0.3) is 0 Å². The summed E-state index contributed by atoms with van der Waals surface area (Å²) in [5.74, 6) is -0.155.